The Balaban J connectivity index is 2.98. The summed E-state index contributed by atoms with van der Waals surface area (Å²) in [5.41, 5.74) is 0.0397. The van der Waals surface area contributed by atoms with E-state index in [1.807, 2.05) is 30.3 Å². The number of rotatable bonds is 10. The molecule has 0 heterocycles. The first-order chi connectivity index (χ1) is 15.3. The van der Waals surface area contributed by atoms with Gasteiger partial charge in [-0.25, -0.2) is 4.79 Å². The number of carbonyl (C=O) groups excluding carboxylic acids is 4. The number of hydrogen-bond donors (Lipinski definition) is 4. The van der Waals surface area contributed by atoms with Gasteiger partial charge in [-0.15, -0.1) is 0 Å². The van der Waals surface area contributed by atoms with Crippen molar-refractivity contribution >= 4 is 23.9 Å². The Bertz CT molecular complexity index is 806. The van der Waals surface area contributed by atoms with Gasteiger partial charge in [0.15, 0.2) is 6.10 Å². The molecule has 0 fully saturated rings. The zero-order chi connectivity index (χ0) is 25.2. The van der Waals surface area contributed by atoms with Crippen molar-refractivity contribution in [1.29, 1.82) is 0 Å². The van der Waals surface area contributed by atoms with E-state index in [0.29, 0.717) is 0 Å². The molecule has 0 aromatic heterocycles. The molecule has 1 aromatic carbocycles. The van der Waals surface area contributed by atoms with Gasteiger partial charge in [0.05, 0.1) is 13.2 Å². The number of esters is 1. The largest absolute Gasteiger partial charge is 0.468 e. The summed E-state index contributed by atoms with van der Waals surface area (Å²) in [6, 6.07) is 7.08. The van der Waals surface area contributed by atoms with Crippen LogP contribution in [0, 0.1) is 5.92 Å². The van der Waals surface area contributed by atoms with Crippen molar-refractivity contribution < 1.29 is 33.8 Å². The Kier molecular flexibility index (Phi) is 10.8. The van der Waals surface area contributed by atoms with Crippen LogP contribution in [0.1, 0.15) is 40.2 Å². The van der Waals surface area contributed by atoms with Crippen molar-refractivity contribution in [3.8, 4) is 0 Å². The Morgan fingerprint density at radius 3 is 2.12 bits per heavy atom. The Labute approximate surface area is 194 Å². The fourth-order valence-corrected chi connectivity index (χ4v) is 2.88. The van der Waals surface area contributed by atoms with E-state index in [1.165, 1.54) is 7.11 Å². The molecule has 0 spiro atoms. The number of alkyl carbamates (subject to hydrolysis) is 1. The minimum Gasteiger partial charge on any atom is -0.468 e. The second kappa shape index (κ2) is 12.8. The molecule has 1 rings (SSSR count). The molecule has 10 heteroatoms. The summed E-state index contributed by atoms with van der Waals surface area (Å²) in [5.74, 6) is -2.45. The molecule has 0 saturated heterocycles. The zero-order valence-electron chi connectivity index (χ0n) is 20.0. The summed E-state index contributed by atoms with van der Waals surface area (Å²) < 4.78 is 9.73. The fraction of sp³-hybridized carbons (Fsp3) is 0.565. The fourth-order valence-electron chi connectivity index (χ4n) is 2.88. The lowest BCUT2D eigenvalue weighted by molar-refractivity contribution is -0.143. The Morgan fingerprint density at radius 2 is 1.61 bits per heavy atom. The second-order valence-electron chi connectivity index (χ2n) is 8.91. The van der Waals surface area contributed by atoms with E-state index in [9.17, 15) is 24.3 Å². The van der Waals surface area contributed by atoms with Gasteiger partial charge >= 0.3 is 12.1 Å². The summed E-state index contributed by atoms with van der Waals surface area (Å²) in [7, 11) is 1.17. The lowest BCUT2D eigenvalue weighted by atomic mass is 9.96. The second-order valence-corrected chi connectivity index (χ2v) is 8.91. The smallest absolute Gasteiger partial charge is 0.408 e. The van der Waals surface area contributed by atoms with Crippen LogP contribution in [-0.4, -0.2) is 66.4 Å². The molecule has 3 atom stereocenters. The van der Waals surface area contributed by atoms with Gasteiger partial charge in [0.25, 0.3) is 5.91 Å². The van der Waals surface area contributed by atoms with Crippen LogP contribution < -0.4 is 16.0 Å². The third-order valence-electron chi connectivity index (χ3n) is 4.56. The van der Waals surface area contributed by atoms with Crippen molar-refractivity contribution in [2.45, 2.75) is 64.8 Å². The molecule has 0 saturated carbocycles. The zero-order valence-corrected chi connectivity index (χ0v) is 20.0. The SMILES string of the molecule is COC(=O)CNC(=O)C(O)[C@@H](NC(=O)[C@@H](Cc1ccccc1)NC(=O)OC(C)(C)C)C(C)C. The first kappa shape index (κ1) is 27.9. The van der Waals surface area contributed by atoms with E-state index in [4.69, 9.17) is 4.74 Å². The van der Waals surface area contributed by atoms with E-state index in [1.54, 1.807) is 34.6 Å². The molecule has 1 aromatic rings. The molecule has 0 radical (unpaired) electrons. The number of methoxy groups -OCH3 is 1. The molecule has 4 N–H and O–H groups in total. The van der Waals surface area contributed by atoms with Crippen LogP contribution in [0.25, 0.3) is 0 Å². The lowest BCUT2D eigenvalue weighted by Gasteiger charge is -2.29. The summed E-state index contributed by atoms with van der Waals surface area (Å²) in [6.07, 6.45) is -2.23. The monoisotopic (exact) mass is 465 g/mol. The average Bonchev–Trinajstić information content (AvgIpc) is 2.73. The van der Waals surface area contributed by atoms with Crippen molar-refractivity contribution in [3.63, 3.8) is 0 Å². The number of ether oxygens (including phenoxy) is 2. The summed E-state index contributed by atoms with van der Waals surface area (Å²) in [5, 5.41) is 18.0. The standard InChI is InChI=1S/C23H35N3O7/c1-14(2)18(19(28)21(30)24-13-17(27)32-6)26-20(29)16(12-15-10-8-7-9-11-15)25-22(31)33-23(3,4)5/h7-11,14,16,18-19,28H,12-13H2,1-6H3,(H,24,30)(H,25,31)(H,26,29)/t16-,18+,19?/m1/s1. The summed E-state index contributed by atoms with van der Waals surface area (Å²) in [6.45, 7) is 8.14. The lowest BCUT2D eigenvalue weighted by Crippen LogP contribution is -2.58. The van der Waals surface area contributed by atoms with Gasteiger partial charge in [-0.2, -0.15) is 0 Å². The molecule has 0 aliphatic carbocycles. The highest BCUT2D eigenvalue weighted by atomic mass is 16.6. The maximum absolute atomic E-state index is 13.1. The molecule has 184 valence electrons. The minimum atomic E-state index is -1.63. The van der Waals surface area contributed by atoms with Crippen molar-refractivity contribution in [2.75, 3.05) is 13.7 Å². The van der Waals surface area contributed by atoms with E-state index in [0.717, 1.165) is 5.56 Å². The summed E-state index contributed by atoms with van der Waals surface area (Å²) in [4.78, 5) is 49.0. The average molecular weight is 466 g/mol. The van der Waals surface area contributed by atoms with Gasteiger partial charge in [0.1, 0.15) is 18.2 Å². The number of benzene rings is 1. The maximum Gasteiger partial charge on any atom is 0.408 e. The molecule has 10 nitrogen and oxygen atoms in total. The van der Waals surface area contributed by atoms with E-state index in [2.05, 4.69) is 20.7 Å². The highest BCUT2D eigenvalue weighted by Gasteiger charge is 2.33. The number of aliphatic hydroxyl groups excluding tert-OH is 1. The third kappa shape index (κ3) is 10.3. The first-order valence-electron chi connectivity index (χ1n) is 10.7. The van der Waals surface area contributed by atoms with Crippen molar-refractivity contribution in [2.24, 2.45) is 5.92 Å². The molecule has 0 bridgehead atoms. The maximum atomic E-state index is 13.1. The van der Waals surface area contributed by atoms with Crippen LogP contribution in [0.4, 0.5) is 4.79 Å². The molecule has 3 amide bonds. The van der Waals surface area contributed by atoms with Crippen molar-refractivity contribution in [3.05, 3.63) is 35.9 Å². The van der Waals surface area contributed by atoms with Gasteiger partial charge in [0, 0.05) is 6.42 Å². The van der Waals surface area contributed by atoms with Gasteiger partial charge in [-0.05, 0) is 32.3 Å². The number of aliphatic hydroxyl groups is 1. The van der Waals surface area contributed by atoms with Crippen LogP contribution in [0.15, 0.2) is 30.3 Å². The number of nitrogens with one attached hydrogen (secondary N) is 3. The van der Waals surface area contributed by atoms with Crippen molar-refractivity contribution in [1.82, 2.24) is 16.0 Å². The molecule has 0 aliphatic heterocycles. The Morgan fingerprint density at radius 1 is 1.00 bits per heavy atom. The molecule has 33 heavy (non-hydrogen) atoms. The van der Waals surface area contributed by atoms with Gasteiger partial charge in [-0.1, -0.05) is 44.2 Å². The highest BCUT2D eigenvalue weighted by Crippen LogP contribution is 2.11. The van der Waals surface area contributed by atoms with Crippen LogP contribution in [0.2, 0.25) is 0 Å². The molecule has 1 unspecified atom stereocenters. The quantitative estimate of drug-likeness (QED) is 0.376. The van der Waals surface area contributed by atoms with Crippen LogP contribution >= 0.6 is 0 Å². The molecular weight excluding hydrogens is 430 g/mol. The molecule has 0 aliphatic rings. The van der Waals surface area contributed by atoms with Gasteiger partial charge in [0.2, 0.25) is 5.91 Å². The van der Waals surface area contributed by atoms with Gasteiger partial charge in [-0.3, -0.25) is 14.4 Å². The van der Waals surface area contributed by atoms with Crippen LogP contribution in [0.5, 0.6) is 0 Å². The number of amides is 3. The third-order valence-corrected chi connectivity index (χ3v) is 4.56. The minimum absolute atomic E-state index is 0.168. The van der Waals surface area contributed by atoms with E-state index < -0.39 is 54.2 Å². The predicted octanol–water partition coefficient (Wildman–Crippen LogP) is 0.913. The first-order valence-corrected chi connectivity index (χ1v) is 10.7. The van der Waals surface area contributed by atoms with Crippen LogP contribution in [0.3, 0.4) is 0 Å². The highest BCUT2D eigenvalue weighted by molar-refractivity contribution is 5.88. The number of carbonyl (C=O) groups is 4. The number of hydrogen-bond acceptors (Lipinski definition) is 7. The normalized spacial score (nSPS) is 13.9. The Hall–Kier alpha value is -3.14. The summed E-state index contributed by atoms with van der Waals surface area (Å²) >= 11 is 0. The topological polar surface area (TPSA) is 143 Å². The van der Waals surface area contributed by atoms with E-state index in [-0.39, 0.29) is 12.3 Å². The van der Waals surface area contributed by atoms with Gasteiger partial charge < -0.3 is 30.5 Å². The predicted molar refractivity (Wildman–Crippen MR) is 121 cm³/mol. The van der Waals surface area contributed by atoms with E-state index >= 15 is 0 Å². The van der Waals surface area contributed by atoms with Crippen LogP contribution in [-0.2, 0) is 30.3 Å². The molecular formula is C23H35N3O7.